The van der Waals surface area contributed by atoms with E-state index in [-0.39, 0.29) is 11.3 Å². The first kappa shape index (κ1) is 16.7. The molecule has 1 heterocycles. The molecule has 1 amide bonds. The van der Waals surface area contributed by atoms with Gasteiger partial charge in [0, 0.05) is 24.8 Å². The van der Waals surface area contributed by atoms with Crippen LogP contribution >= 0.6 is 11.3 Å². The van der Waals surface area contributed by atoms with Crippen LogP contribution in [0.5, 0.6) is 0 Å². The number of benzene rings is 1. The summed E-state index contributed by atoms with van der Waals surface area (Å²) in [4.78, 5) is 16.0. The van der Waals surface area contributed by atoms with Gasteiger partial charge in [0.25, 0.3) is 0 Å². The maximum absolute atomic E-state index is 11.8. The maximum atomic E-state index is 11.8. The lowest BCUT2D eigenvalue weighted by molar-refractivity contribution is -0.121. The van der Waals surface area contributed by atoms with Crippen LogP contribution in [0.1, 0.15) is 44.0 Å². The van der Waals surface area contributed by atoms with Crippen molar-refractivity contribution in [2.24, 2.45) is 0 Å². The molecule has 0 bridgehead atoms. The molecule has 0 fully saturated rings. The van der Waals surface area contributed by atoms with Crippen LogP contribution in [-0.4, -0.2) is 17.4 Å². The normalized spacial score (nSPS) is 11.4. The lowest BCUT2D eigenvalue weighted by atomic mass is 9.86. The van der Waals surface area contributed by atoms with Crippen molar-refractivity contribution >= 4 is 17.2 Å². The zero-order chi connectivity index (χ0) is 16.0. The molecule has 1 aromatic heterocycles. The van der Waals surface area contributed by atoms with Crippen LogP contribution in [0.3, 0.4) is 0 Å². The lowest BCUT2D eigenvalue weighted by Crippen LogP contribution is -2.25. The van der Waals surface area contributed by atoms with E-state index in [4.69, 9.17) is 0 Å². The smallest absolute Gasteiger partial charge is 0.220 e. The van der Waals surface area contributed by atoms with Crippen LogP contribution in [0.2, 0.25) is 0 Å². The molecule has 0 unspecified atom stereocenters. The summed E-state index contributed by atoms with van der Waals surface area (Å²) in [7, 11) is 0. The quantitative estimate of drug-likeness (QED) is 0.882. The van der Waals surface area contributed by atoms with Gasteiger partial charge in [-0.15, -0.1) is 11.3 Å². The Kier molecular flexibility index (Phi) is 5.72. The van der Waals surface area contributed by atoms with E-state index < -0.39 is 0 Å². The first-order chi connectivity index (χ1) is 10.4. The number of amides is 1. The van der Waals surface area contributed by atoms with Gasteiger partial charge in [-0.2, -0.15) is 0 Å². The van der Waals surface area contributed by atoms with E-state index in [9.17, 15) is 4.79 Å². The van der Waals surface area contributed by atoms with Crippen molar-refractivity contribution in [1.82, 2.24) is 10.3 Å². The van der Waals surface area contributed by atoms with E-state index in [0.29, 0.717) is 13.0 Å². The highest BCUT2D eigenvalue weighted by Gasteiger charge is 2.12. The average molecular weight is 316 g/mol. The number of aromatic nitrogens is 1. The Bertz CT molecular complexity index is 583. The molecule has 1 aromatic carbocycles. The Morgan fingerprint density at radius 2 is 1.91 bits per heavy atom. The van der Waals surface area contributed by atoms with Crippen LogP contribution in [0, 0.1) is 0 Å². The zero-order valence-electron chi connectivity index (χ0n) is 13.6. The van der Waals surface area contributed by atoms with Gasteiger partial charge in [0.2, 0.25) is 5.91 Å². The molecule has 2 aromatic rings. The Morgan fingerprint density at radius 3 is 2.50 bits per heavy atom. The number of thiazole rings is 1. The fraction of sp³-hybridized carbons (Fsp3) is 0.444. The fourth-order valence-electron chi connectivity index (χ4n) is 2.21. The highest BCUT2D eigenvalue weighted by atomic mass is 32.1. The minimum atomic E-state index is 0.107. The third-order valence-corrected chi connectivity index (χ3v) is 4.28. The third-order valence-electron chi connectivity index (χ3n) is 3.65. The molecule has 0 saturated carbocycles. The summed E-state index contributed by atoms with van der Waals surface area (Å²) in [5.41, 5.74) is 5.57. The second-order valence-electron chi connectivity index (χ2n) is 6.53. The number of nitrogens with one attached hydrogen (secondary N) is 1. The summed E-state index contributed by atoms with van der Waals surface area (Å²) in [6.07, 6.45) is 2.12. The number of rotatable bonds is 6. The number of aryl methyl sites for hydroxylation is 1. The number of carbonyl (C=O) groups excluding carboxylic acids is 1. The Balaban J connectivity index is 1.71. The summed E-state index contributed by atoms with van der Waals surface area (Å²) in [6, 6.07) is 8.58. The van der Waals surface area contributed by atoms with Crippen LogP contribution < -0.4 is 5.32 Å². The largest absolute Gasteiger partial charge is 0.356 e. The SMILES string of the molecule is CC(C)(C)c1ccc(CCC(=O)NCCc2cscn2)cc1. The van der Waals surface area contributed by atoms with Crippen molar-refractivity contribution < 1.29 is 4.79 Å². The predicted molar refractivity (Wildman–Crippen MR) is 92.3 cm³/mol. The number of carbonyl (C=O) groups is 1. The summed E-state index contributed by atoms with van der Waals surface area (Å²) < 4.78 is 0. The molecule has 118 valence electrons. The molecule has 22 heavy (non-hydrogen) atoms. The van der Waals surface area contributed by atoms with Gasteiger partial charge in [0.1, 0.15) is 0 Å². The van der Waals surface area contributed by atoms with E-state index in [1.807, 2.05) is 10.9 Å². The molecule has 0 atom stereocenters. The van der Waals surface area contributed by atoms with Crippen molar-refractivity contribution in [2.75, 3.05) is 6.54 Å². The van der Waals surface area contributed by atoms with Crippen LogP contribution in [0.15, 0.2) is 35.2 Å². The predicted octanol–water partition coefficient (Wildman–Crippen LogP) is 3.73. The van der Waals surface area contributed by atoms with E-state index in [1.165, 1.54) is 11.1 Å². The molecule has 0 aliphatic rings. The minimum absolute atomic E-state index is 0.107. The summed E-state index contributed by atoms with van der Waals surface area (Å²) >= 11 is 1.58. The number of hydrogen-bond donors (Lipinski definition) is 1. The topological polar surface area (TPSA) is 42.0 Å². The molecule has 0 saturated heterocycles. The maximum Gasteiger partial charge on any atom is 0.220 e. The molecule has 3 nitrogen and oxygen atoms in total. The molecular weight excluding hydrogens is 292 g/mol. The second kappa shape index (κ2) is 7.54. The molecule has 0 aliphatic carbocycles. The number of hydrogen-bond acceptors (Lipinski definition) is 3. The fourth-order valence-corrected chi connectivity index (χ4v) is 2.80. The number of nitrogens with zero attached hydrogens (tertiary/aromatic N) is 1. The van der Waals surface area contributed by atoms with Crippen LogP contribution in [0.25, 0.3) is 0 Å². The highest BCUT2D eigenvalue weighted by Crippen LogP contribution is 2.22. The van der Waals surface area contributed by atoms with E-state index in [0.717, 1.165) is 18.5 Å². The van der Waals surface area contributed by atoms with Gasteiger partial charge in [0.05, 0.1) is 11.2 Å². The Morgan fingerprint density at radius 1 is 1.18 bits per heavy atom. The van der Waals surface area contributed by atoms with Gasteiger partial charge in [-0.1, -0.05) is 45.0 Å². The van der Waals surface area contributed by atoms with Gasteiger partial charge in [-0.25, -0.2) is 4.98 Å². The molecule has 2 rings (SSSR count). The standard InChI is InChI=1S/C18H24N2OS/c1-18(2,3)15-7-4-14(5-8-15)6-9-17(21)19-11-10-16-12-22-13-20-16/h4-5,7-8,12-13H,6,9-11H2,1-3H3,(H,19,21). The minimum Gasteiger partial charge on any atom is -0.356 e. The van der Waals surface area contributed by atoms with Crippen LogP contribution in [0.4, 0.5) is 0 Å². The van der Waals surface area contributed by atoms with Crippen molar-refractivity contribution in [3.05, 3.63) is 52.0 Å². The van der Waals surface area contributed by atoms with E-state index in [1.54, 1.807) is 11.3 Å². The first-order valence-corrected chi connectivity index (χ1v) is 8.62. The monoisotopic (exact) mass is 316 g/mol. The highest BCUT2D eigenvalue weighted by molar-refractivity contribution is 7.07. The van der Waals surface area contributed by atoms with Gasteiger partial charge in [-0.3, -0.25) is 4.79 Å². The Labute approximate surface area is 136 Å². The summed E-state index contributed by atoms with van der Waals surface area (Å²) in [5.74, 6) is 0.107. The third kappa shape index (κ3) is 5.26. The average Bonchev–Trinajstić information content (AvgIpc) is 2.98. The molecule has 4 heteroatoms. The van der Waals surface area contributed by atoms with E-state index in [2.05, 4.69) is 55.3 Å². The lowest BCUT2D eigenvalue weighted by Gasteiger charge is -2.19. The van der Waals surface area contributed by atoms with Gasteiger partial charge in [0.15, 0.2) is 0 Å². The van der Waals surface area contributed by atoms with Crippen molar-refractivity contribution in [2.45, 2.75) is 45.4 Å². The summed E-state index contributed by atoms with van der Waals surface area (Å²) in [6.45, 7) is 7.28. The summed E-state index contributed by atoms with van der Waals surface area (Å²) in [5, 5.41) is 4.97. The second-order valence-corrected chi connectivity index (χ2v) is 7.25. The van der Waals surface area contributed by atoms with Gasteiger partial charge >= 0.3 is 0 Å². The van der Waals surface area contributed by atoms with Crippen LogP contribution in [-0.2, 0) is 23.1 Å². The molecular formula is C18H24N2OS. The molecule has 0 spiro atoms. The molecule has 0 radical (unpaired) electrons. The van der Waals surface area contributed by atoms with Gasteiger partial charge < -0.3 is 5.32 Å². The van der Waals surface area contributed by atoms with Crippen molar-refractivity contribution in [3.63, 3.8) is 0 Å². The molecule has 0 aliphatic heterocycles. The van der Waals surface area contributed by atoms with Gasteiger partial charge in [-0.05, 0) is 23.0 Å². The van der Waals surface area contributed by atoms with Crippen molar-refractivity contribution in [1.29, 1.82) is 0 Å². The zero-order valence-corrected chi connectivity index (χ0v) is 14.4. The van der Waals surface area contributed by atoms with E-state index >= 15 is 0 Å². The van der Waals surface area contributed by atoms with Crippen molar-refractivity contribution in [3.8, 4) is 0 Å². The molecule has 1 N–H and O–H groups in total. The Hall–Kier alpha value is -1.68. The first-order valence-electron chi connectivity index (χ1n) is 7.68.